The molecule has 0 aromatic rings. The van der Waals surface area contributed by atoms with Crippen molar-refractivity contribution < 1.29 is 9.09 Å². The summed E-state index contributed by atoms with van der Waals surface area (Å²) in [6.07, 6.45) is 1.52. The van der Waals surface area contributed by atoms with Gasteiger partial charge in [-0.05, 0) is 0 Å². The maximum atomic E-state index is 10.5. The zero-order chi connectivity index (χ0) is 6.62. The fraction of sp³-hybridized carbons (Fsp3) is 0.333. The molecule has 0 heterocycles. The van der Waals surface area contributed by atoms with Crippen LogP contribution in [0.3, 0.4) is 0 Å². The van der Waals surface area contributed by atoms with E-state index in [2.05, 4.69) is 42.1 Å². The van der Waals surface area contributed by atoms with Crippen LogP contribution in [0.25, 0.3) is 0 Å². The first-order chi connectivity index (χ1) is 3.56. The van der Waals surface area contributed by atoms with E-state index in [1.54, 1.807) is 0 Å². The fourth-order valence-corrected chi connectivity index (χ4v) is 1.13. The highest BCUT2D eigenvalue weighted by molar-refractivity contribution is 9.70. The van der Waals surface area contributed by atoms with E-state index in [-0.39, 0.29) is 6.61 Å². The Kier molecular flexibility index (Phi) is 4.26. The van der Waals surface area contributed by atoms with Gasteiger partial charge in [-0.1, -0.05) is 6.08 Å². The topological polar surface area (TPSA) is 26.3 Å². The summed E-state index contributed by atoms with van der Waals surface area (Å²) >= 11 is 5.56. The minimum atomic E-state index is -2.63. The van der Waals surface area contributed by atoms with Crippen molar-refractivity contribution in [3.63, 3.8) is 0 Å². The molecular weight excluding hydrogens is 259 g/mol. The first-order valence-electron chi connectivity index (χ1n) is 1.81. The van der Waals surface area contributed by atoms with Gasteiger partial charge in [0, 0.05) is 31.0 Å². The fourth-order valence-electron chi connectivity index (χ4n) is 0.139. The Hall–Kier alpha value is 0.890. The normalized spacial score (nSPS) is 11.2. The van der Waals surface area contributed by atoms with Crippen molar-refractivity contribution in [1.29, 1.82) is 0 Å². The van der Waals surface area contributed by atoms with Gasteiger partial charge in [0.05, 0.1) is 6.61 Å². The average Bonchev–Trinajstić information content (AvgIpc) is 1.59. The SMILES string of the molecule is C=CCOP(=O)(Br)Br. The molecular formula is C3H5Br2O2P. The minimum absolute atomic E-state index is 0.285. The molecule has 0 bridgehead atoms. The Balaban J connectivity index is 3.40. The van der Waals surface area contributed by atoms with Crippen molar-refractivity contribution in [2.24, 2.45) is 0 Å². The van der Waals surface area contributed by atoms with Crippen LogP contribution in [0.2, 0.25) is 0 Å². The largest absolute Gasteiger partial charge is 0.328 e. The van der Waals surface area contributed by atoms with Crippen molar-refractivity contribution in [2.45, 2.75) is 0 Å². The number of rotatable bonds is 3. The molecule has 0 aromatic heterocycles. The van der Waals surface area contributed by atoms with Crippen LogP contribution < -0.4 is 0 Å². The van der Waals surface area contributed by atoms with E-state index in [0.717, 1.165) is 0 Å². The summed E-state index contributed by atoms with van der Waals surface area (Å²) in [4.78, 5) is 0. The Morgan fingerprint density at radius 2 is 2.25 bits per heavy atom. The van der Waals surface area contributed by atoms with Crippen molar-refractivity contribution in [3.05, 3.63) is 12.7 Å². The van der Waals surface area contributed by atoms with Gasteiger partial charge in [-0.15, -0.1) is 6.58 Å². The molecule has 0 unspecified atom stereocenters. The molecule has 0 atom stereocenters. The van der Waals surface area contributed by atoms with Crippen molar-refractivity contribution in [3.8, 4) is 0 Å². The lowest BCUT2D eigenvalue weighted by molar-refractivity contribution is 0.381. The van der Waals surface area contributed by atoms with Crippen LogP contribution in [0.15, 0.2) is 12.7 Å². The summed E-state index contributed by atoms with van der Waals surface area (Å²) in [6, 6.07) is 0. The highest BCUT2D eigenvalue weighted by Gasteiger charge is 2.09. The molecule has 0 rings (SSSR count). The van der Waals surface area contributed by atoms with Gasteiger partial charge in [-0.2, -0.15) is 0 Å². The summed E-state index contributed by atoms with van der Waals surface area (Å²) in [7, 11) is 0. The Bertz CT molecular complexity index is 118. The summed E-state index contributed by atoms with van der Waals surface area (Å²) in [5, 5.41) is 0. The molecule has 0 amide bonds. The second-order valence-corrected chi connectivity index (χ2v) is 10.5. The van der Waals surface area contributed by atoms with E-state index in [9.17, 15) is 4.57 Å². The van der Waals surface area contributed by atoms with Crippen LogP contribution in [0.4, 0.5) is 0 Å². The van der Waals surface area contributed by atoms with Crippen LogP contribution in [-0.4, -0.2) is 6.61 Å². The third-order valence-corrected chi connectivity index (χ3v) is 2.02. The molecule has 0 radical (unpaired) electrons. The van der Waals surface area contributed by atoms with Crippen molar-refractivity contribution in [1.82, 2.24) is 0 Å². The van der Waals surface area contributed by atoms with E-state index in [1.165, 1.54) is 6.08 Å². The van der Waals surface area contributed by atoms with Crippen LogP contribution in [0.5, 0.6) is 0 Å². The number of halogens is 2. The number of hydrogen-bond donors (Lipinski definition) is 0. The lowest BCUT2D eigenvalue weighted by Crippen LogP contribution is -1.76. The summed E-state index contributed by atoms with van der Waals surface area (Å²) < 4.78 is 12.6. The molecule has 0 aromatic carbocycles. The maximum Gasteiger partial charge on any atom is 0.328 e. The van der Waals surface area contributed by atoms with Gasteiger partial charge in [0.15, 0.2) is 0 Å². The standard InChI is InChI=1S/C3H5Br2O2P/c1-2-3-7-8(4,5)6/h2H,1,3H2. The molecule has 0 aliphatic rings. The van der Waals surface area contributed by atoms with Crippen LogP contribution in [-0.2, 0) is 9.09 Å². The lowest BCUT2D eigenvalue weighted by atomic mass is 10.7. The zero-order valence-corrected chi connectivity index (χ0v) is 8.08. The zero-order valence-electron chi connectivity index (χ0n) is 4.01. The molecule has 0 N–H and O–H groups in total. The van der Waals surface area contributed by atoms with Gasteiger partial charge >= 0.3 is 4.77 Å². The molecule has 5 heteroatoms. The molecule has 0 spiro atoms. The number of hydrogen-bond acceptors (Lipinski definition) is 2. The van der Waals surface area contributed by atoms with E-state index in [4.69, 9.17) is 0 Å². The third kappa shape index (κ3) is 6.89. The maximum absolute atomic E-state index is 10.5. The predicted molar refractivity (Wildman–Crippen MR) is 41.6 cm³/mol. The lowest BCUT2D eigenvalue weighted by Gasteiger charge is -1.98. The van der Waals surface area contributed by atoms with Gasteiger partial charge in [0.1, 0.15) is 0 Å². The second kappa shape index (κ2) is 3.83. The Labute approximate surface area is 64.2 Å². The van der Waals surface area contributed by atoms with E-state index in [0.29, 0.717) is 0 Å². The van der Waals surface area contributed by atoms with E-state index in [1.807, 2.05) is 0 Å². The second-order valence-electron chi connectivity index (χ2n) is 0.999. The van der Waals surface area contributed by atoms with Crippen molar-refractivity contribution in [2.75, 3.05) is 6.61 Å². The van der Waals surface area contributed by atoms with Gasteiger partial charge in [0.25, 0.3) is 0 Å². The molecule has 0 aliphatic heterocycles. The van der Waals surface area contributed by atoms with Crippen molar-refractivity contribution >= 4 is 35.8 Å². The van der Waals surface area contributed by atoms with E-state index >= 15 is 0 Å². The highest BCUT2D eigenvalue weighted by atomic mass is 79.9. The quantitative estimate of drug-likeness (QED) is 0.578. The molecule has 0 saturated heterocycles. The molecule has 8 heavy (non-hydrogen) atoms. The molecule has 0 aliphatic carbocycles. The predicted octanol–water partition coefficient (Wildman–Crippen LogP) is 3.09. The van der Waals surface area contributed by atoms with Gasteiger partial charge in [-0.3, -0.25) is 4.57 Å². The Morgan fingerprint density at radius 3 is 2.38 bits per heavy atom. The van der Waals surface area contributed by atoms with Crippen LogP contribution in [0, 0.1) is 0 Å². The molecule has 2 nitrogen and oxygen atoms in total. The summed E-state index contributed by atoms with van der Waals surface area (Å²) in [6.45, 7) is 3.66. The monoisotopic (exact) mass is 262 g/mol. The first-order valence-corrected chi connectivity index (χ1v) is 7.47. The van der Waals surface area contributed by atoms with Gasteiger partial charge in [0.2, 0.25) is 0 Å². The average molecular weight is 264 g/mol. The summed E-state index contributed by atoms with van der Waals surface area (Å²) in [5.74, 6) is 0. The smallest absolute Gasteiger partial charge is 0.309 e. The molecule has 0 saturated carbocycles. The minimum Gasteiger partial charge on any atom is -0.309 e. The Morgan fingerprint density at radius 1 is 1.75 bits per heavy atom. The van der Waals surface area contributed by atoms with E-state index < -0.39 is 4.77 Å². The molecule has 48 valence electrons. The highest BCUT2D eigenvalue weighted by Crippen LogP contribution is 2.62. The van der Waals surface area contributed by atoms with Crippen LogP contribution >= 0.6 is 35.8 Å². The first kappa shape index (κ1) is 8.89. The summed E-state index contributed by atoms with van der Waals surface area (Å²) in [5.41, 5.74) is 0. The third-order valence-electron chi connectivity index (χ3n) is 0.343. The van der Waals surface area contributed by atoms with Crippen LogP contribution in [0.1, 0.15) is 0 Å². The van der Waals surface area contributed by atoms with Gasteiger partial charge in [-0.25, -0.2) is 0 Å². The van der Waals surface area contributed by atoms with Gasteiger partial charge < -0.3 is 4.52 Å². The molecule has 0 fully saturated rings.